The molecule has 1 aromatic carbocycles. The highest BCUT2D eigenvalue weighted by Crippen LogP contribution is 2.19. The van der Waals surface area contributed by atoms with Gasteiger partial charge in [0.05, 0.1) is 5.69 Å². The first-order valence-corrected chi connectivity index (χ1v) is 7.33. The molecule has 0 unspecified atom stereocenters. The fraction of sp³-hybridized carbons (Fsp3) is 0.438. The van der Waals surface area contributed by atoms with Crippen molar-refractivity contribution in [1.82, 2.24) is 10.1 Å². The number of hydrogen-bond acceptors (Lipinski definition) is 4. The number of benzene rings is 1. The van der Waals surface area contributed by atoms with Crippen molar-refractivity contribution >= 4 is 11.6 Å². The van der Waals surface area contributed by atoms with Gasteiger partial charge in [0.25, 0.3) is 0 Å². The number of carbonyl (C=O) groups is 1. The van der Waals surface area contributed by atoms with Crippen LogP contribution in [0.1, 0.15) is 45.3 Å². The number of nitrogens with zero attached hydrogens (tertiary/aromatic N) is 2. The second-order valence-electron chi connectivity index (χ2n) is 6.29. The zero-order valence-electron chi connectivity index (χ0n) is 13.3. The van der Waals surface area contributed by atoms with Crippen LogP contribution >= 0.6 is 0 Å². The lowest BCUT2D eigenvalue weighted by molar-refractivity contribution is -0.116. The number of carbonyl (C=O) groups excluding carboxylic acids is 1. The molecule has 0 spiro atoms. The van der Waals surface area contributed by atoms with Gasteiger partial charge in [0.1, 0.15) is 11.6 Å². The molecule has 0 fully saturated rings. The average Bonchev–Trinajstić information content (AvgIpc) is 2.91. The van der Waals surface area contributed by atoms with Gasteiger partial charge >= 0.3 is 0 Å². The summed E-state index contributed by atoms with van der Waals surface area (Å²) in [7, 11) is 0. The van der Waals surface area contributed by atoms with Crippen molar-refractivity contribution in [2.75, 3.05) is 5.32 Å². The highest BCUT2D eigenvalue weighted by molar-refractivity contribution is 5.90. The number of halogens is 2. The number of hydrogen-bond donors (Lipinski definition) is 1. The lowest BCUT2D eigenvalue weighted by atomic mass is 9.96. The molecule has 1 heterocycles. The lowest BCUT2D eigenvalue weighted by Gasteiger charge is -2.10. The average molecular weight is 323 g/mol. The maximum Gasteiger partial charge on any atom is 0.226 e. The van der Waals surface area contributed by atoms with E-state index in [1.807, 2.05) is 20.8 Å². The van der Waals surface area contributed by atoms with Crippen molar-refractivity contribution in [1.29, 1.82) is 0 Å². The lowest BCUT2D eigenvalue weighted by Crippen LogP contribution is -2.13. The standard InChI is InChI=1S/C16H19F2N3O2/c1-16(2,3)15-20-14(23-21-15)6-4-5-13(22)19-12-8-7-10(17)9-11(12)18/h7-9H,4-6H2,1-3H3,(H,19,22). The van der Waals surface area contributed by atoms with Crippen molar-refractivity contribution < 1.29 is 18.1 Å². The molecular weight excluding hydrogens is 304 g/mol. The number of rotatable bonds is 5. The molecule has 0 atom stereocenters. The summed E-state index contributed by atoms with van der Waals surface area (Å²) < 4.78 is 31.3. The normalized spacial score (nSPS) is 11.5. The molecule has 0 bridgehead atoms. The molecule has 0 aliphatic carbocycles. The molecule has 2 rings (SSSR count). The van der Waals surface area contributed by atoms with E-state index in [0.29, 0.717) is 24.6 Å². The van der Waals surface area contributed by atoms with Crippen molar-refractivity contribution in [3.63, 3.8) is 0 Å². The molecular formula is C16H19F2N3O2. The SMILES string of the molecule is CC(C)(C)c1noc(CCCC(=O)Nc2ccc(F)cc2F)n1. The fourth-order valence-corrected chi connectivity index (χ4v) is 1.86. The van der Waals surface area contributed by atoms with Crippen molar-refractivity contribution in [2.45, 2.75) is 45.4 Å². The van der Waals surface area contributed by atoms with E-state index in [-0.39, 0.29) is 23.4 Å². The first-order chi connectivity index (χ1) is 10.8. The predicted octanol–water partition coefficient (Wildman–Crippen LogP) is 3.61. The Labute approximate surface area is 133 Å². The molecule has 0 aliphatic rings. The fourth-order valence-electron chi connectivity index (χ4n) is 1.86. The van der Waals surface area contributed by atoms with Crippen LogP contribution in [-0.4, -0.2) is 16.0 Å². The van der Waals surface area contributed by atoms with Crippen LogP contribution in [0.3, 0.4) is 0 Å². The van der Waals surface area contributed by atoms with Crippen LogP contribution in [0.4, 0.5) is 14.5 Å². The Morgan fingerprint density at radius 2 is 2.04 bits per heavy atom. The van der Waals surface area contributed by atoms with Crippen LogP contribution < -0.4 is 5.32 Å². The largest absolute Gasteiger partial charge is 0.339 e. The summed E-state index contributed by atoms with van der Waals surface area (Å²) >= 11 is 0. The van der Waals surface area contributed by atoms with Crippen LogP contribution in [0.25, 0.3) is 0 Å². The van der Waals surface area contributed by atoms with Gasteiger partial charge in [-0.15, -0.1) is 0 Å². The summed E-state index contributed by atoms with van der Waals surface area (Å²) in [5.41, 5.74) is -0.233. The second kappa shape index (κ2) is 6.85. The topological polar surface area (TPSA) is 68.0 Å². The number of aromatic nitrogens is 2. The molecule has 1 N–H and O–H groups in total. The Hall–Kier alpha value is -2.31. The predicted molar refractivity (Wildman–Crippen MR) is 80.9 cm³/mol. The summed E-state index contributed by atoms with van der Waals surface area (Å²) in [6.45, 7) is 5.94. The van der Waals surface area contributed by atoms with Crippen LogP contribution in [0.5, 0.6) is 0 Å². The third-order valence-electron chi connectivity index (χ3n) is 3.14. The molecule has 0 saturated carbocycles. The summed E-state index contributed by atoms with van der Waals surface area (Å²) in [4.78, 5) is 16.0. The third-order valence-corrected chi connectivity index (χ3v) is 3.14. The first-order valence-electron chi connectivity index (χ1n) is 7.33. The zero-order valence-corrected chi connectivity index (χ0v) is 13.3. The van der Waals surface area contributed by atoms with Gasteiger partial charge in [-0.2, -0.15) is 4.98 Å². The maximum absolute atomic E-state index is 13.4. The van der Waals surface area contributed by atoms with E-state index in [2.05, 4.69) is 15.5 Å². The molecule has 124 valence electrons. The van der Waals surface area contributed by atoms with Crippen molar-refractivity contribution in [3.8, 4) is 0 Å². The molecule has 0 radical (unpaired) electrons. The molecule has 5 nitrogen and oxygen atoms in total. The Balaban J connectivity index is 1.82. The van der Waals surface area contributed by atoms with Gasteiger partial charge < -0.3 is 9.84 Å². The van der Waals surface area contributed by atoms with Crippen LogP contribution in [-0.2, 0) is 16.6 Å². The van der Waals surface area contributed by atoms with Gasteiger partial charge in [-0.05, 0) is 18.6 Å². The molecule has 7 heteroatoms. The minimum Gasteiger partial charge on any atom is -0.339 e. The van der Waals surface area contributed by atoms with Gasteiger partial charge in [-0.3, -0.25) is 4.79 Å². The van der Waals surface area contributed by atoms with E-state index in [4.69, 9.17) is 4.52 Å². The highest BCUT2D eigenvalue weighted by atomic mass is 19.1. The van der Waals surface area contributed by atoms with E-state index in [1.54, 1.807) is 0 Å². The molecule has 23 heavy (non-hydrogen) atoms. The Morgan fingerprint density at radius 1 is 1.30 bits per heavy atom. The number of amides is 1. The number of aryl methyl sites for hydroxylation is 1. The van der Waals surface area contributed by atoms with E-state index < -0.39 is 11.6 Å². The van der Waals surface area contributed by atoms with Gasteiger partial charge in [-0.1, -0.05) is 25.9 Å². The van der Waals surface area contributed by atoms with Gasteiger partial charge in [-0.25, -0.2) is 8.78 Å². The molecule has 0 aliphatic heterocycles. The summed E-state index contributed by atoms with van der Waals surface area (Å²) in [5.74, 6) is -0.760. The summed E-state index contributed by atoms with van der Waals surface area (Å²) in [6, 6.07) is 3.00. The first kappa shape index (κ1) is 17.1. The highest BCUT2D eigenvalue weighted by Gasteiger charge is 2.20. The second-order valence-corrected chi connectivity index (χ2v) is 6.29. The van der Waals surface area contributed by atoms with Crippen molar-refractivity contribution in [2.24, 2.45) is 0 Å². The Bertz CT molecular complexity index is 693. The van der Waals surface area contributed by atoms with Gasteiger partial charge in [0.2, 0.25) is 11.8 Å². The molecule has 1 aromatic heterocycles. The molecule has 1 amide bonds. The monoisotopic (exact) mass is 323 g/mol. The van der Waals surface area contributed by atoms with Crippen LogP contribution in [0.15, 0.2) is 22.7 Å². The van der Waals surface area contributed by atoms with Crippen LogP contribution in [0.2, 0.25) is 0 Å². The zero-order chi connectivity index (χ0) is 17.0. The number of nitrogens with one attached hydrogen (secondary N) is 1. The quantitative estimate of drug-likeness (QED) is 0.913. The minimum absolute atomic E-state index is 0.0378. The number of anilines is 1. The van der Waals surface area contributed by atoms with E-state index in [1.165, 1.54) is 6.07 Å². The maximum atomic E-state index is 13.4. The minimum atomic E-state index is -0.801. The summed E-state index contributed by atoms with van der Waals surface area (Å²) in [6.07, 6.45) is 1.12. The summed E-state index contributed by atoms with van der Waals surface area (Å²) in [5, 5.41) is 6.31. The van der Waals surface area contributed by atoms with Crippen molar-refractivity contribution in [3.05, 3.63) is 41.5 Å². The van der Waals surface area contributed by atoms with Gasteiger partial charge in [0, 0.05) is 24.3 Å². The van der Waals surface area contributed by atoms with Gasteiger partial charge in [0.15, 0.2) is 5.82 Å². The van der Waals surface area contributed by atoms with E-state index in [9.17, 15) is 13.6 Å². The molecule has 0 saturated heterocycles. The Kier molecular flexibility index (Phi) is 5.08. The smallest absolute Gasteiger partial charge is 0.226 e. The van der Waals surface area contributed by atoms with E-state index >= 15 is 0 Å². The van der Waals surface area contributed by atoms with Crippen LogP contribution in [0, 0.1) is 11.6 Å². The van der Waals surface area contributed by atoms with E-state index in [0.717, 1.165) is 12.1 Å². The third kappa shape index (κ3) is 4.84. The molecule has 2 aromatic rings. The Morgan fingerprint density at radius 3 is 2.65 bits per heavy atom.